The third-order valence-electron chi connectivity index (χ3n) is 1.64. The first-order chi connectivity index (χ1) is 4.81. The minimum atomic E-state index is -0.146. The zero-order chi connectivity index (χ0) is 9.07. The van der Waals surface area contributed by atoms with Crippen LogP contribution in [0.5, 0.6) is 0 Å². The summed E-state index contributed by atoms with van der Waals surface area (Å²) < 4.78 is 0. The highest BCUT2D eigenvalue weighted by Crippen LogP contribution is 2.25. The highest BCUT2D eigenvalue weighted by atomic mass is 14.8. The van der Waals surface area contributed by atoms with E-state index < -0.39 is 0 Å². The van der Waals surface area contributed by atoms with Crippen LogP contribution < -0.4 is 11.5 Å². The fourth-order valence-electron chi connectivity index (χ4n) is 1.59. The van der Waals surface area contributed by atoms with Gasteiger partial charge in [-0.25, -0.2) is 0 Å². The van der Waals surface area contributed by atoms with E-state index in [1.807, 2.05) is 0 Å². The van der Waals surface area contributed by atoms with Crippen LogP contribution in [-0.4, -0.2) is 6.17 Å². The zero-order valence-electron chi connectivity index (χ0n) is 8.22. The Morgan fingerprint density at radius 1 is 1.18 bits per heavy atom. The first kappa shape index (κ1) is 10.9. The molecule has 0 bridgehead atoms. The minimum absolute atomic E-state index is 0.146. The summed E-state index contributed by atoms with van der Waals surface area (Å²) >= 11 is 0. The lowest BCUT2D eigenvalue weighted by Gasteiger charge is -2.24. The van der Waals surface area contributed by atoms with E-state index in [0.717, 1.165) is 6.42 Å². The van der Waals surface area contributed by atoms with E-state index in [4.69, 9.17) is 11.5 Å². The molecular weight excluding hydrogens is 136 g/mol. The summed E-state index contributed by atoms with van der Waals surface area (Å²) in [6.45, 7) is 8.93. The van der Waals surface area contributed by atoms with E-state index in [1.165, 1.54) is 6.42 Å². The second-order valence-electron chi connectivity index (χ2n) is 4.77. The molecule has 0 aliphatic heterocycles. The first-order valence-corrected chi connectivity index (χ1v) is 4.32. The Kier molecular flexibility index (Phi) is 4.04. The summed E-state index contributed by atoms with van der Waals surface area (Å²) in [6, 6.07) is 0. The zero-order valence-corrected chi connectivity index (χ0v) is 8.22. The molecule has 0 heterocycles. The molecule has 0 rings (SSSR count). The SMILES string of the molecule is CC(CC(N)N)CC(C)(C)C. The van der Waals surface area contributed by atoms with Crippen molar-refractivity contribution < 1.29 is 0 Å². The molecule has 0 aliphatic carbocycles. The molecule has 0 saturated carbocycles. The molecule has 0 radical (unpaired) electrons. The van der Waals surface area contributed by atoms with Gasteiger partial charge >= 0.3 is 0 Å². The van der Waals surface area contributed by atoms with Crippen LogP contribution in [0.25, 0.3) is 0 Å². The van der Waals surface area contributed by atoms with Gasteiger partial charge in [-0.3, -0.25) is 0 Å². The van der Waals surface area contributed by atoms with Crippen molar-refractivity contribution in [1.82, 2.24) is 0 Å². The third-order valence-corrected chi connectivity index (χ3v) is 1.64. The monoisotopic (exact) mass is 158 g/mol. The Balaban J connectivity index is 3.61. The maximum atomic E-state index is 5.49. The minimum Gasteiger partial charge on any atom is -0.316 e. The number of hydrogen-bond donors (Lipinski definition) is 2. The van der Waals surface area contributed by atoms with Gasteiger partial charge in [-0.1, -0.05) is 27.7 Å². The van der Waals surface area contributed by atoms with Crippen LogP contribution in [0.2, 0.25) is 0 Å². The maximum Gasteiger partial charge on any atom is 0.0523 e. The first-order valence-electron chi connectivity index (χ1n) is 4.32. The largest absolute Gasteiger partial charge is 0.316 e. The Hall–Kier alpha value is -0.0800. The average Bonchev–Trinajstić information content (AvgIpc) is 1.53. The molecule has 0 aromatic heterocycles. The predicted octanol–water partition coefficient (Wildman–Crippen LogP) is 1.69. The van der Waals surface area contributed by atoms with E-state index in [-0.39, 0.29) is 6.17 Å². The molecule has 0 spiro atoms. The highest BCUT2D eigenvalue weighted by molar-refractivity contribution is 4.68. The van der Waals surface area contributed by atoms with E-state index in [0.29, 0.717) is 11.3 Å². The third kappa shape index (κ3) is 7.82. The molecule has 0 aromatic rings. The fourth-order valence-corrected chi connectivity index (χ4v) is 1.59. The van der Waals surface area contributed by atoms with Crippen LogP contribution in [0, 0.1) is 11.3 Å². The maximum absolute atomic E-state index is 5.49. The van der Waals surface area contributed by atoms with Crippen LogP contribution in [0.3, 0.4) is 0 Å². The van der Waals surface area contributed by atoms with Gasteiger partial charge in [0.05, 0.1) is 6.17 Å². The van der Waals surface area contributed by atoms with Crippen molar-refractivity contribution >= 4 is 0 Å². The molecule has 0 fully saturated rings. The lowest BCUT2D eigenvalue weighted by Crippen LogP contribution is -2.32. The smallest absolute Gasteiger partial charge is 0.0523 e. The number of nitrogens with two attached hydrogens (primary N) is 2. The van der Waals surface area contributed by atoms with Gasteiger partial charge in [0.25, 0.3) is 0 Å². The van der Waals surface area contributed by atoms with E-state index in [2.05, 4.69) is 27.7 Å². The van der Waals surface area contributed by atoms with Crippen LogP contribution in [0.4, 0.5) is 0 Å². The molecule has 1 unspecified atom stereocenters. The molecule has 2 heteroatoms. The molecule has 0 saturated heterocycles. The summed E-state index contributed by atoms with van der Waals surface area (Å²) in [4.78, 5) is 0. The molecule has 68 valence electrons. The second-order valence-corrected chi connectivity index (χ2v) is 4.77. The molecular formula is C9H22N2. The van der Waals surface area contributed by atoms with Crippen molar-refractivity contribution in [2.75, 3.05) is 0 Å². The standard InChI is InChI=1S/C9H22N2/c1-7(5-8(10)11)6-9(2,3)4/h7-8H,5-6,10-11H2,1-4H3. The quantitative estimate of drug-likeness (QED) is 0.614. The van der Waals surface area contributed by atoms with Crippen molar-refractivity contribution in [3.63, 3.8) is 0 Å². The van der Waals surface area contributed by atoms with Crippen molar-refractivity contribution in [3.8, 4) is 0 Å². The Morgan fingerprint density at radius 2 is 1.64 bits per heavy atom. The van der Waals surface area contributed by atoms with Gasteiger partial charge in [-0.05, 0) is 24.2 Å². The van der Waals surface area contributed by atoms with Gasteiger partial charge in [0, 0.05) is 0 Å². The lowest BCUT2D eigenvalue weighted by molar-refractivity contribution is 0.286. The van der Waals surface area contributed by atoms with Gasteiger partial charge in [0.1, 0.15) is 0 Å². The molecule has 1 atom stereocenters. The second kappa shape index (κ2) is 4.07. The van der Waals surface area contributed by atoms with Gasteiger partial charge in [0.15, 0.2) is 0 Å². The summed E-state index contributed by atoms with van der Waals surface area (Å²) in [5.41, 5.74) is 11.4. The van der Waals surface area contributed by atoms with E-state index in [1.54, 1.807) is 0 Å². The molecule has 4 N–H and O–H groups in total. The van der Waals surface area contributed by atoms with E-state index >= 15 is 0 Å². The van der Waals surface area contributed by atoms with Crippen LogP contribution >= 0.6 is 0 Å². The van der Waals surface area contributed by atoms with Crippen LogP contribution in [0.15, 0.2) is 0 Å². The van der Waals surface area contributed by atoms with Crippen LogP contribution in [0.1, 0.15) is 40.5 Å². The summed E-state index contributed by atoms with van der Waals surface area (Å²) in [5, 5.41) is 0. The average molecular weight is 158 g/mol. The molecule has 0 amide bonds. The summed E-state index contributed by atoms with van der Waals surface area (Å²) in [6.07, 6.45) is 1.97. The topological polar surface area (TPSA) is 52.0 Å². The molecule has 0 aliphatic rings. The lowest BCUT2D eigenvalue weighted by atomic mass is 9.84. The normalized spacial score (nSPS) is 15.5. The Morgan fingerprint density at radius 3 is 1.91 bits per heavy atom. The van der Waals surface area contributed by atoms with Crippen molar-refractivity contribution in [3.05, 3.63) is 0 Å². The molecule has 11 heavy (non-hydrogen) atoms. The molecule has 0 aromatic carbocycles. The van der Waals surface area contributed by atoms with E-state index in [9.17, 15) is 0 Å². The fraction of sp³-hybridized carbons (Fsp3) is 1.00. The van der Waals surface area contributed by atoms with Crippen molar-refractivity contribution in [1.29, 1.82) is 0 Å². The van der Waals surface area contributed by atoms with Gasteiger partial charge in [-0.2, -0.15) is 0 Å². The summed E-state index contributed by atoms with van der Waals surface area (Å²) in [5.74, 6) is 0.634. The van der Waals surface area contributed by atoms with Crippen LogP contribution in [-0.2, 0) is 0 Å². The van der Waals surface area contributed by atoms with Gasteiger partial charge in [0.2, 0.25) is 0 Å². The summed E-state index contributed by atoms with van der Waals surface area (Å²) in [7, 11) is 0. The number of hydrogen-bond acceptors (Lipinski definition) is 2. The molecule has 2 nitrogen and oxygen atoms in total. The Bertz CT molecular complexity index is 103. The van der Waals surface area contributed by atoms with Crippen molar-refractivity contribution in [2.24, 2.45) is 22.8 Å². The van der Waals surface area contributed by atoms with Crippen molar-refractivity contribution in [2.45, 2.75) is 46.7 Å². The highest BCUT2D eigenvalue weighted by Gasteiger charge is 2.15. The Labute approximate surface area is 70.3 Å². The van der Waals surface area contributed by atoms with Gasteiger partial charge in [-0.15, -0.1) is 0 Å². The van der Waals surface area contributed by atoms with Gasteiger partial charge < -0.3 is 11.5 Å². The predicted molar refractivity (Wildman–Crippen MR) is 50.0 cm³/mol. The number of rotatable bonds is 3.